The molecule has 3 aromatic rings. The van der Waals surface area contributed by atoms with Crippen molar-refractivity contribution in [1.29, 1.82) is 0 Å². The number of nitrogens with one attached hydrogen (secondary N) is 1. The number of anilines is 1. The molecule has 0 bridgehead atoms. The molecular formula is C26H20BrNO5. The molecule has 1 saturated carbocycles. The number of methoxy groups -OCH3 is 1. The molecule has 5 rings (SSSR count). The maximum Gasteiger partial charge on any atom is 0.328 e. The highest BCUT2D eigenvalue weighted by atomic mass is 79.9. The molecule has 7 heteroatoms. The second-order valence-corrected chi connectivity index (χ2v) is 9.31. The molecule has 1 N–H and O–H groups in total. The Kier molecular flexibility index (Phi) is 4.90. The molecule has 0 unspecified atom stereocenters. The summed E-state index contributed by atoms with van der Waals surface area (Å²) in [6.45, 7) is 1.68. The van der Waals surface area contributed by atoms with Gasteiger partial charge in [0.05, 0.1) is 12.5 Å². The van der Waals surface area contributed by atoms with Gasteiger partial charge in [0.15, 0.2) is 11.2 Å². The Labute approximate surface area is 199 Å². The van der Waals surface area contributed by atoms with Crippen molar-refractivity contribution in [2.75, 3.05) is 12.4 Å². The summed E-state index contributed by atoms with van der Waals surface area (Å²) in [4.78, 5) is 40.9. The normalized spacial score (nSPS) is 24.7. The predicted molar refractivity (Wildman–Crippen MR) is 125 cm³/mol. The number of rotatable bonds is 5. The number of esters is 1. The highest BCUT2D eigenvalue weighted by molar-refractivity contribution is 9.10. The summed E-state index contributed by atoms with van der Waals surface area (Å²) in [7, 11) is 1.55. The van der Waals surface area contributed by atoms with E-state index < -0.39 is 28.6 Å². The molecule has 0 spiro atoms. The van der Waals surface area contributed by atoms with E-state index in [-0.39, 0.29) is 5.78 Å². The minimum Gasteiger partial charge on any atom is -0.497 e. The Bertz CT molecular complexity index is 1290. The minimum absolute atomic E-state index is 0.279. The molecular weight excluding hydrogens is 486 g/mol. The van der Waals surface area contributed by atoms with E-state index in [1.165, 1.54) is 0 Å². The first kappa shape index (κ1) is 21.4. The lowest BCUT2D eigenvalue weighted by molar-refractivity contribution is -0.147. The van der Waals surface area contributed by atoms with Gasteiger partial charge >= 0.3 is 5.97 Å². The number of hydrogen-bond donors (Lipinski definition) is 1. The number of benzene rings is 3. The lowest BCUT2D eigenvalue weighted by Crippen LogP contribution is -2.42. The number of ketones is 1. The number of Topliss-reactive ketones (excluding diaryl/α,β-unsaturated/α-hetero) is 1. The molecule has 3 aromatic carbocycles. The number of carbonyl (C=O) groups excluding carboxylic acids is 3. The van der Waals surface area contributed by atoms with E-state index in [4.69, 9.17) is 9.47 Å². The second kappa shape index (κ2) is 7.56. The average molecular weight is 506 g/mol. The Morgan fingerprint density at radius 1 is 1.00 bits per heavy atom. The van der Waals surface area contributed by atoms with Crippen LogP contribution in [0.4, 0.5) is 5.69 Å². The van der Waals surface area contributed by atoms with Gasteiger partial charge in [0.1, 0.15) is 11.5 Å². The monoisotopic (exact) mass is 505 g/mol. The fourth-order valence-corrected chi connectivity index (χ4v) is 5.32. The number of hydrogen-bond acceptors (Lipinski definition) is 5. The first-order valence-electron chi connectivity index (χ1n) is 10.4. The molecule has 33 heavy (non-hydrogen) atoms. The number of halogens is 1. The van der Waals surface area contributed by atoms with Crippen LogP contribution in [-0.2, 0) is 9.59 Å². The van der Waals surface area contributed by atoms with Crippen LogP contribution < -0.4 is 14.8 Å². The smallest absolute Gasteiger partial charge is 0.328 e. The van der Waals surface area contributed by atoms with Gasteiger partial charge in [-0.1, -0.05) is 46.3 Å². The zero-order chi connectivity index (χ0) is 23.4. The van der Waals surface area contributed by atoms with E-state index in [9.17, 15) is 14.4 Å². The van der Waals surface area contributed by atoms with Gasteiger partial charge < -0.3 is 14.8 Å². The van der Waals surface area contributed by atoms with Gasteiger partial charge in [0, 0.05) is 27.2 Å². The van der Waals surface area contributed by atoms with Gasteiger partial charge in [-0.3, -0.25) is 14.4 Å². The van der Waals surface area contributed by atoms with Crippen LogP contribution in [0.15, 0.2) is 77.3 Å². The standard InChI is InChI=1S/C26H20BrNO5/c1-25(22(29)15-7-9-16(27)10-8-15)21-19-5-3-4-6-20(19)33-24(31)26(21,25)23(30)28-17-11-13-18(32-2)14-12-17/h3-14,21H,1-2H3,(H,28,30)/t21-,25+,26-/m0/s1. The summed E-state index contributed by atoms with van der Waals surface area (Å²) < 4.78 is 11.6. The van der Waals surface area contributed by atoms with Crippen molar-refractivity contribution in [2.24, 2.45) is 10.8 Å². The van der Waals surface area contributed by atoms with Crippen molar-refractivity contribution in [3.8, 4) is 11.5 Å². The number of para-hydroxylation sites is 1. The zero-order valence-corrected chi connectivity index (χ0v) is 19.5. The summed E-state index contributed by atoms with van der Waals surface area (Å²) in [5, 5.41) is 2.82. The lowest BCUT2D eigenvalue weighted by atomic mass is 9.86. The molecule has 6 nitrogen and oxygen atoms in total. The van der Waals surface area contributed by atoms with Gasteiger partial charge in [-0.25, -0.2) is 0 Å². The SMILES string of the molecule is COc1ccc(NC(=O)[C@]23C(=O)Oc4ccccc4[C@H]2[C@]3(C)C(=O)c2ccc(Br)cc2)cc1. The minimum atomic E-state index is -1.68. The lowest BCUT2D eigenvalue weighted by Gasteiger charge is -2.23. The highest BCUT2D eigenvalue weighted by Gasteiger charge is 2.88. The van der Waals surface area contributed by atoms with E-state index in [0.717, 1.165) is 4.47 Å². The molecule has 0 radical (unpaired) electrons. The van der Waals surface area contributed by atoms with Crippen molar-refractivity contribution in [3.63, 3.8) is 0 Å². The average Bonchev–Trinajstić information content (AvgIpc) is 3.43. The number of fused-ring (bicyclic) bond motifs is 3. The van der Waals surface area contributed by atoms with E-state index >= 15 is 0 Å². The molecule has 1 amide bonds. The van der Waals surface area contributed by atoms with E-state index in [1.807, 2.05) is 12.1 Å². The van der Waals surface area contributed by atoms with Crippen molar-refractivity contribution in [2.45, 2.75) is 12.8 Å². The van der Waals surface area contributed by atoms with Crippen LogP contribution in [0.5, 0.6) is 11.5 Å². The quantitative estimate of drug-likeness (QED) is 0.228. The van der Waals surface area contributed by atoms with E-state index in [0.29, 0.717) is 28.3 Å². The number of ether oxygens (including phenoxy) is 2. The van der Waals surface area contributed by atoms with Crippen molar-refractivity contribution >= 4 is 39.3 Å². The van der Waals surface area contributed by atoms with Gasteiger partial charge in [-0.05, 0) is 49.4 Å². The molecule has 2 aliphatic rings. The third kappa shape index (κ3) is 2.95. The summed E-state index contributed by atoms with van der Waals surface area (Å²) in [6.07, 6.45) is 0. The van der Waals surface area contributed by atoms with Gasteiger partial charge in [0.2, 0.25) is 5.91 Å². The number of amides is 1. The Morgan fingerprint density at radius 3 is 2.33 bits per heavy atom. The zero-order valence-electron chi connectivity index (χ0n) is 17.9. The van der Waals surface area contributed by atoms with Crippen LogP contribution in [-0.4, -0.2) is 24.8 Å². The first-order chi connectivity index (χ1) is 15.8. The fourth-order valence-electron chi connectivity index (χ4n) is 5.06. The first-order valence-corrected chi connectivity index (χ1v) is 11.2. The van der Waals surface area contributed by atoms with Crippen molar-refractivity contribution < 1.29 is 23.9 Å². The van der Waals surface area contributed by atoms with Crippen LogP contribution in [0, 0.1) is 10.8 Å². The molecule has 1 aliphatic carbocycles. The third-order valence-corrected chi connectivity index (χ3v) is 7.31. The fraction of sp³-hybridized carbons (Fsp3) is 0.192. The molecule has 166 valence electrons. The molecule has 1 fully saturated rings. The molecule has 1 aliphatic heterocycles. The van der Waals surface area contributed by atoms with Gasteiger partial charge in [-0.15, -0.1) is 0 Å². The van der Waals surface area contributed by atoms with Gasteiger partial charge in [-0.2, -0.15) is 0 Å². The molecule has 0 saturated heterocycles. The molecule has 0 aromatic heterocycles. The van der Waals surface area contributed by atoms with E-state index in [2.05, 4.69) is 21.2 Å². The summed E-state index contributed by atoms with van der Waals surface area (Å²) >= 11 is 3.38. The van der Waals surface area contributed by atoms with Crippen LogP contribution in [0.3, 0.4) is 0 Å². The highest BCUT2D eigenvalue weighted by Crippen LogP contribution is 2.78. The topological polar surface area (TPSA) is 81.7 Å². The molecule has 3 atom stereocenters. The summed E-state index contributed by atoms with van der Waals surface area (Å²) in [6, 6.07) is 20.7. The maximum absolute atomic E-state index is 13.8. The Balaban J connectivity index is 1.60. The van der Waals surface area contributed by atoms with Crippen molar-refractivity contribution in [1.82, 2.24) is 0 Å². The van der Waals surface area contributed by atoms with Crippen LogP contribution in [0.2, 0.25) is 0 Å². The van der Waals surface area contributed by atoms with Crippen LogP contribution in [0.1, 0.15) is 28.8 Å². The Morgan fingerprint density at radius 2 is 1.67 bits per heavy atom. The maximum atomic E-state index is 13.8. The third-order valence-electron chi connectivity index (χ3n) is 6.78. The van der Waals surface area contributed by atoms with Gasteiger partial charge in [0.25, 0.3) is 0 Å². The number of carbonyl (C=O) groups is 3. The summed E-state index contributed by atoms with van der Waals surface area (Å²) in [5.74, 6) is -1.19. The predicted octanol–water partition coefficient (Wildman–Crippen LogP) is 4.99. The van der Waals surface area contributed by atoms with Crippen molar-refractivity contribution in [3.05, 3.63) is 88.4 Å². The van der Waals surface area contributed by atoms with Crippen LogP contribution >= 0.6 is 15.9 Å². The van der Waals surface area contributed by atoms with E-state index in [1.54, 1.807) is 74.7 Å². The molecule has 1 heterocycles. The summed E-state index contributed by atoms with van der Waals surface area (Å²) in [5.41, 5.74) is -1.38. The Hall–Kier alpha value is -3.45. The largest absolute Gasteiger partial charge is 0.497 e. The second-order valence-electron chi connectivity index (χ2n) is 8.39. The van der Waals surface area contributed by atoms with Crippen LogP contribution in [0.25, 0.3) is 0 Å².